The minimum absolute atomic E-state index is 0.0702. The first-order valence-corrected chi connectivity index (χ1v) is 8.60. The number of alkyl halides is 3. The Morgan fingerprint density at radius 2 is 2.09 bits per heavy atom. The lowest BCUT2D eigenvalue weighted by Gasteiger charge is -2.20. The van der Waals surface area contributed by atoms with Crippen LogP contribution >= 0.6 is 10.7 Å². The maximum atomic E-state index is 12.3. The number of likely N-dealkylation sites (tertiary alicyclic amines) is 1. The molecule has 0 aromatic rings. The van der Waals surface area contributed by atoms with Crippen LogP contribution in [0.4, 0.5) is 13.2 Å². The number of allylic oxidation sites excluding steroid dienone is 1. The van der Waals surface area contributed by atoms with Crippen molar-refractivity contribution in [1.29, 1.82) is 0 Å². The SMILES string of the molecule is CCOC(=CC(=O)C(F)(F)F)N1CC(CS(=O)(=O)Cl)CC1=O. The summed E-state index contributed by atoms with van der Waals surface area (Å²) in [4.78, 5) is 23.6. The number of halogens is 4. The lowest BCUT2D eigenvalue weighted by atomic mass is 10.1. The highest BCUT2D eigenvalue weighted by Gasteiger charge is 2.40. The second-order valence-electron chi connectivity index (χ2n) is 4.56. The average Bonchev–Trinajstić information content (AvgIpc) is 2.65. The summed E-state index contributed by atoms with van der Waals surface area (Å²) in [5.41, 5.74) is 0. The number of hydrogen-bond acceptors (Lipinski definition) is 5. The van der Waals surface area contributed by atoms with Gasteiger partial charge in [0.2, 0.25) is 15.0 Å². The van der Waals surface area contributed by atoms with Crippen LogP contribution in [-0.4, -0.2) is 50.1 Å². The molecule has 1 amide bonds. The summed E-state index contributed by atoms with van der Waals surface area (Å²) in [7, 11) is 1.23. The fourth-order valence-electron chi connectivity index (χ4n) is 1.93. The van der Waals surface area contributed by atoms with Gasteiger partial charge in [-0.2, -0.15) is 13.2 Å². The van der Waals surface area contributed by atoms with Crippen LogP contribution in [0.2, 0.25) is 0 Å². The molecule has 126 valence electrons. The number of amides is 1. The number of rotatable bonds is 6. The molecule has 0 N–H and O–H groups in total. The fourth-order valence-corrected chi connectivity index (χ4v) is 3.25. The first-order chi connectivity index (χ1) is 9.94. The molecular weight excluding hydrogens is 351 g/mol. The van der Waals surface area contributed by atoms with Crippen LogP contribution in [0.25, 0.3) is 0 Å². The van der Waals surface area contributed by atoms with Crippen LogP contribution in [0.1, 0.15) is 13.3 Å². The van der Waals surface area contributed by atoms with Crippen molar-refractivity contribution in [3.63, 3.8) is 0 Å². The molecule has 1 rings (SSSR count). The van der Waals surface area contributed by atoms with Crippen molar-refractivity contribution in [3.8, 4) is 0 Å². The van der Waals surface area contributed by atoms with E-state index in [1.54, 1.807) is 0 Å². The summed E-state index contributed by atoms with van der Waals surface area (Å²) < 4.78 is 63.7. The number of carbonyl (C=O) groups is 2. The summed E-state index contributed by atoms with van der Waals surface area (Å²) in [5, 5.41) is 0. The van der Waals surface area contributed by atoms with Crippen molar-refractivity contribution in [1.82, 2.24) is 4.90 Å². The van der Waals surface area contributed by atoms with Crippen molar-refractivity contribution in [3.05, 3.63) is 12.0 Å². The monoisotopic (exact) mass is 363 g/mol. The Morgan fingerprint density at radius 3 is 2.55 bits per heavy atom. The average molecular weight is 364 g/mol. The van der Waals surface area contributed by atoms with Gasteiger partial charge in [-0.25, -0.2) is 8.42 Å². The smallest absolute Gasteiger partial charge is 0.454 e. The van der Waals surface area contributed by atoms with Crippen LogP contribution < -0.4 is 0 Å². The van der Waals surface area contributed by atoms with Crippen LogP contribution in [0.5, 0.6) is 0 Å². The molecule has 1 fully saturated rings. The molecule has 0 aromatic heterocycles. The number of ether oxygens (including phenoxy) is 1. The normalized spacial score (nSPS) is 20.4. The third-order valence-electron chi connectivity index (χ3n) is 2.73. The van der Waals surface area contributed by atoms with Crippen molar-refractivity contribution in [2.75, 3.05) is 18.9 Å². The minimum atomic E-state index is -5.09. The third kappa shape index (κ3) is 5.48. The molecular formula is C11H13ClF3NO5S. The molecule has 1 heterocycles. The predicted octanol–water partition coefficient (Wildman–Crippen LogP) is 1.41. The standard InChI is InChI=1S/C11H13ClF3NO5S/c1-2-21-10(4-8(17)11(13,14)15)16-5-7(3-9(16)18)6-22(12,19)20/h4,7H,2-3,5-6H2,1H3. The Labute approximate surface area is 129 Å². The number of nitrogens with zero attached hydrogens (tertiary/aromatic N) is 1. The van der Waals surface area contributed by atoms with Crippen molar-refractivity contribution >= 4 is 31.4 Å². The summed E-state index contributed by atoms with van der Waals surface area (Å²) >= 11 is 0. The highest BCUT2D eigenvalue weighted by Crippen LogP contribution is 2.26. The Bertz CT molecular complexity index is 587. The first-order valence-electron chi connectivity index (χ1n) is 6.12. The van der Waals surface area contributed by atoms with E-state index in [0.717, 1.165) is 4.90 Å². The van der Waals surface area contributed by atoms with Gasteiger partial charge in [0.1, 0.15) is 0 Å². The van der Waals surface area contributed by atoms with Gasteiger partial charge >= 0.3 is 6.18 Å². The molecule has 0 aromatic carbocycles. The van der Waals surface area contributed by atoms with Gasteiger partial charge < -0.3 is 4.74 Å². The number of hydrogen-bond donors (Lipinski definition) is 0. The molecule has 0 saturated carbocycles. The van der Waals surface area contributed by atoms with E-state index in [0.29, 0.717) is 0 Å². The second kappa shape index (κ2) is 6.86. The van der Waals surface area contributed by atoms with Gasteiger partial charge in [0.25, 0.3) is 5.78 Å². The van der Waals surface area contributed by atoms with Gasteiger partial charge in [-0.1, -0.05) is 0 Å². The molecule has 6 nitrogen and oxygen atoms in total. The molecule has 1 saturated heterocycles. The van der Waals surface area contributed by atoms with E-state index in [2.05, 4.69) is 0 Å². The molecule has 1 atom stereocenters. The van der Waals surface area contributed by atoms with Crippen molar-refractivity contribution in [2.45, 2.75) is 19.5 Å². The van der Waals surface area contributed by atoms with E-state index in [1.807, 2.05) is 0 Å². The number of carbonyl (C=O) groups excluding carboxylic acids is 2. The largest absolute Gasteiger partial charge is 0.479 e. The summed E-state index contributed by atoms with van der Waals surface area (Å²) in [6.07, 6.45) is -5.13. The lowest BCUT2D eigenvalue weighted by molar-refractivity contribution is -0.165. The van der Waals surface area contributed by atoms with E-state index < -0.39 is 44.5 Å². The van der Waals surface area contributed by atoms with Crippen molar-refractivity contribution < 1.29 is 35.9 Å². The predicted molar refractivity (Wildman–Crippen MR) is 70.2 cm³/mol. The third-order valence-corrected chi connectivity index (χ3v) is 3.98. The highest BCUT2D eigenvalue weighted by atomic mass is 35.7. The van der Waals surface area contributed by atoms with Crippen LogP contribution in [0, 0.1) is 5.92 Å². The Balaban J connectivity index is 2.95. The van der Waals surface area contributed by atoms with E-state index >= 15 is 0 Å². The molecule has 22 heavy (non-hydrogen) atoms. The minimum Gasteiger partial charge on any atom is -0.479 e. The molecule has 0 aliphatic carbocycles. The van der Waals surface area contributed by atoms with Gasteiger partial charge in [-0.3, -0.25) is 14.5 Å². The Morgan fingerprint density at radius 1 is 1.50 bits per heavy atom. The first kappa shape index (κ1) is 18.8. The zero-order valence-corrected chi connectivity index (χ0v) is 13.0. The second-order valence-corrected chi connectivity index (χ2v) is 7.38. The van der Waals surface area contributed by atoms with Gasteiger partial charge in [-0.15, -0.1) is 0 Å². The molecule has 1 aliphatic rings. The summed E-state index contributed by atoms with van der Waals surface area (Å²) in [5.74, 6) is -4.54. The molecule has 0 radical (unpaired) electrons. The lowest BCUT2D eigenvalue weighted by Crippen LogP contribution is -2.29. The highest BCUT2D eigenvalue weighted by molar-refractivity contribution is 8.13. The summed E-state index contributed by atoms with van der Waals surface area (Å²) in [6, 6.07) is 0. The topological polar surface area (TPSA) is 80.8 Å². The molecule has 0 spiro atoms. The molecule has 1 aliphatic heterocycles. The van der Waals surface area contributed by atoms with Crippen molar-refractivity contribution in [2.24, 2.45) is 5.92 Å². The summed E-state index contributed by atoms with van der Waals surface area (Å²) in [6.45, 7) is 1.20. The van der Waals surface area contributed by atoms with Crippen LogP contribution in [0.15, 0.2) is 12.0 Å². The van der Waals surface area contributed by atoms with Gasteiger partial charge in [0.05, 0.1) is 18.4 Å². The maximum absolute atomic E-state index is 12.3. The number of ketones is 1. The van der Waals surface area contributed by atoms with E-state index in [4.69, 9.17) is 15.4 Å². The Kier molecular flexibility index (Phi) is 5.85. The van der Waals surface area contributed by atoms with Gasteiger partial charge in [0.15, 0.2) is 5.88 Å². The quantitative estimate of drug-likeness (QED) is 0.405. The zero-order valence-electron chi connectivity index (χ0n) is 11.4. The van der Waals surface area contributed by atoms with E-state index in [-0.39, 0.29) is 25.6 Å². The molecule has 1 unspecified atom stereocenters. The van der Waals surface area contributed by atoms with Gasteiger partial charge in [-0.05, 0) is 6.92 Å². The Hall–Kier alpha value is -1.29. The van der Waals surface area contributed by atoms with Crippen LogP contribution in [0.3, 0.4) is 0 Å². The molecule has 0 bridgehead atoms. The van der Waals surface area contributed by atoms with E-state index in [1.165, 1.54) is 6.92 Å². The van der Waals surface area contributed by atoms with Crippen LogP contribution in [-0.2, 0) is 23.4 Å². The fraction of sp³-hybridized carbons (Fsp3) is 0.636. The van der Waals surface area contributed by atoms with Gasteiger partial charge in [0, 0.05) is 29.6 Å². The maximum Gasteiger partial charge on any atom is 0.454 e. The van der Waals surface area contributed by atoms with E-state index in [9.17, 15) is 31.2 Å². The zero-order chi connectivity index (χ0) is 17.1. The molecule has 11 heteroatoms.